The standard InChI is InChI=1S/C13H18N4S/c1-3-8-14-9-11-4-6-12(7-5-11)18-13-16-15-10-17(13)2/h4-7,10,14H,3,8-9H2,1-2H3. The van der Waals surface area contributed by atoms with Gasteiger partial charge in [0.2, 0.25) is 0 Å². The number of benzene rings is 1. The third kappa shape index (κ3) is 3.58. The molecule has 1 N–H and O–H groups in total. The second-order valence-electron chi connectivity index (χ2n) is 4.15. The van der Waals surface area contributed by atoms with Crippen LogP contribution in [0.1, 0.15) is 18.9 Å². The molecule has 5 heteroatoms. The molecule has 0 spiro atoms. The van der Waals surface area contributed by atoms with Crippen molar-refractivity contribution in [1.29, 1.82) is 0 Å². The predicted octanol–water partition coefficient (Wildman–Crippen LogP) is 2.47. The molecule has 0 saturated heterocycles. The molecule has 96 valence electrons. The Kier molecular flexibility index (Phi) is 4.78. The molecule has 1 aromatic heterocycles. The lowest BCUT2D eigenvalue weighted by atomic mass is 10.2. The fourth-order valence-electron chi connectivity index (χ4n) is 1.56. The van der Waals surface area contributed by atoms with E-state index in [-0.39, 0.29) is 0 Å². The van der Waals surface area contributed by atoms with Gasteiger partial charge >= 0.3 is 0 Å². The van der Waals surface area contributed by atoms with Gasteiger partial charge in [0.1, 0.15) is 6.33 Å². The van der Waals surface area contributed by atoms with E-state index in [2.05, 4.69) is 46.7 Å². The monoisotopic (exact) mass is 262 g/mol. The van der Waals surface area contributed by atoms with Crippen LogP contribution in [0.4, 0.5) is 0 Å². The van der Waals surface area contributed by atoms with E-state index in [0.29, 0.717) is 0 Å². The molecule has 0 bridgehead atoms. The smallest absolute Gasteiger partial charge is 0.195 e. The molecule has 1 heterocycles. The molecular weight excluding hydrogens is 244 g/mol. The lowest BCUT2D eigenvalue weighted by Crippen LogP contribution is -2.13. The largest absolute Gasteiger partial charge is 0.313 e. The number of hydrogen-bond acceptors (Lipinski definition) is 4. The lowest BCUT2D eigenvalue weighted by Gasteiger charge is -2.05. The van der Waals surface area contributed by atoms with Crippen molar-refractivity contribution in [3.63, 3.8) is 0 Å². The van der Waals surface area contributed by atoms with Crippen molar-refractivity contribution in [2.75, 3.05) is 6.54 Å². The van der Waals surface area contributed by atoms with Crippen LogP contribution in [0.3, 0.4) is 0 Å². The SMILES string of the molecule is CCCNCc1ccc(Sc2nncn2C)cc1. The van der Waals surface area contributed by atoms with Gasteiger partial charge in [0, 0.05) is 18.5 Å². The van der Waals surface area contributed by atoms with E-state index in [1.165, 1.54) is 16.9 Å². The fourth-order valence-corrected chi connectivity index (χ4v) is 2.32. The summed E-state index contributed by atoms with van der Waals surface area (Å²) in [6.45, 7) is 4.17. The maximum atomic E-state index is 4.06. The molecule has 18 heavy (non-hydrogen) atoms. The van der Waals surface area contributed by atoms with Gasteiger partial charge in [-0.2, -0.15) is 0 Å². The molecule has 0 aliphatic heterocycles. The first kappa shape index (κ1) is 13.1. The Hall–Kier alpha value is -1.33. The van der Waals surface area contributed by atoms with Gasteiger partial charge in [0.05, 0.1) is 0 Å². The van der Waals surface area contributed by atoms with E-state index in [1.54, 1.807) is 18.1 Å². The van der Waals surface area contributed by atoms with E-state index in [1.807, 2.05) is 11.6 Å². The summed E-state index contributed by atoms with van der Waals surface area (Å²) in [6.07, 6.45) is 2.88. The number of hydrogen-bond donors (Lipinski definition) is 1. The van der Waals surface area contributed by atoms with Gasteiger partial charge in [-0.1, -0.05) is 19.1 Å². The van der Waals surface area contributed by atoms with Crippen LogP contribution in [0.25, 0.3) is 0 Å². The highest BCUT2D eigenvalue weighted by Gasteiger charge is 2.03. The molecule has 0 unspecified atom stereocenters. The summed E-state index contributed by atoms with van der Waals surface area (Å²) in [4.78, 5) is 1.19. The van der Waals surface area contributed by atoms with E-state index in [9.17, 15) is 0 Å². The zero-order valence-electron chi connectivity index (χ0n) is 10.8. The summed E-state index contributed by atoms with van der Waals surface area (Å²) in [5, 5.41) is 12.2. The molecule has 0 amide bonds. The molecule has 0 aliphatic rings. The van der Waals surface area contributed by atoms with Crippen LogP contribution in [0.5, 0.6) is 0 Å². The first-order chi connectivity index (χ1) is 8.79. The minimum Gasteiger partial charge on any atom is -0.313 e. The lowest BCUT2D eigenvalue weighted by molar-refractivity contribution is 0.675. The van der Waals surface area contributed by atoms with Crippen LogP contribution in [0, 0.1) is 0 Å². The van der Waals surface area contributed by atoms with Gasteiger partial charge in [0.25, 0.3) is 0 Å². The number of nitrogens with zero attached hydrogens (tertiary/aromatic N) is 3. The van der Waals surface area contributed by atoms with Crippen LogP contribution in [0.15, 0.2) is 40.6 Å². The number of aryl methyl sites for hydroxylation is 1. The maximum absolute atomic E-state index is 4.06. The first-order valence-electron chi connectivity index (χ1n) is 6.11. The Morgan fingerprint density at radius 2 is 2.06 bits per heavy atom. The summed E-state index contributed by atoms with van der Waals surface area (Å²) in [5.74, 6) is 0. The summed E-state index contributed by atoms with van der Waals surface area (Å²) >= 11 is 1.63. The Labute approximate surface area is 112 Å². The van der Waals surface area contributed by atoms with Crippen molar-refractivity contribution in [3.05, 3.63) is 36.2 Å². The van der Waals surface area contributed by atoms with Crippen molar-refractivity contribution in [2.45, 2.75) is 29.9 Å². The average Bonchev–Trinajstić information content (AvgIpc) is 2.78. The molecular formula is C13H18N4S. The summed E-state index contributed by atoms with van der Waals surface area (Å²) in [6, 6.07) is 8.56. The average molecular weight is 262 g/mol. The van der Waals surface area contributed by atoms with Crippen LogP contribution >= 0.6 is 11.8 Å². The first-order valence-corrected chi connectivity index (χ1v) is 6.92. The van der Waals surface area contributed by atoms with E-state index >= 15 is 0 Å². The predicted molar refractivity (Wildman–Crippen MR) is 73.6 cm³/mol. The second kappa shape index (κ2) is 6.56. The molecule has 2 rings (SSSR count). The number of rotatable bonds is 6. The van der Waals surface area contributed by atoms with Crippen LogP contribution < -0.4 is 5.32 Å². The van der Waals surface area contributed by atoms with Crippen molar-refractivity contribution in [3.8, 4) is 0 Å². The molecule has 0 aliphatic carbocycles. The second-order valence-corrected chi connectivity index (χ2v) is 5.19. The Bertz CT molecular complexity index is 478. The van der Waals surface area contributed by atoms with Crippen LogP contribution in [-0.2, 0) is 13.6 Å². The highest BCUT2D eigenvalue weighted by Crippen LogP contribution is 2.25. The van der Waals surface area contributed by atoms with Gasteiger partial charge < -0.3 is 9.88 Å². The summed E-state index contributed by atoms with van der Waals surface area (Å²) in [7, 11) is 1.95. The van der Waals surface area contributed by atoms with E-state index < -0.39 is 0 Å². The van der Waals surface area contributed by atoms with Crippen LogP contribution in [0.2, 0.25) is 0 Å². The molecule has 2 aromatic rings. The van der Waals surface area contributed by atoms with E-state index in [4.69, 9.17) is 0 Å². The number of nitrogens with one attached hydrogen (secondary N) is 1. The molecule has 0 saturated carbocycles. The molecule has 0 fully saturated rings. The molecule has 1 aromatic carbocycles. The Morgan fingerprint density at radius 3 is 2.67 bits per heavy atom. The topological polar surface area (TPSA) is 42.7 Å². The third-order valence-corrected chi connectivity index (χ3v) is 3.62. The highest BCUT2D eigenvalue weighted by atomic mass is 32.2. The van der Waals surface area contributed by atoms with Crippen molar-refractivity contribution in [1.82, 2.24) is 20.1 Å². The number of aromatic nitrogens is 3. The van der Waals surface area contributed by atoms with Crippen molar-refractivity contribution in [2.24, 2.45) is 7.05 Å². The minimum atomic E-state index is 0.909. The fraction of sp³-hybridized carbons (Fsp3) is 0.385. The zero-order chi connectivity index (χ0) is 12.8. The molecule has 0 atom stereocenters. The Morgan fingerprint density at radius 1 is 1.28 bits per heavy atom. The van der Waals surface area contributed by atoms with Gasteiger partial charge in [-0.05, 0) is 42.4 Å². The third-order valence-electron chi connectivity index (χ3n) is 2.56. The molecule has 0 radical (unpaired) electrons. The Balaban J connectivity index is 1.93. The summed E-state index contributed by atoms with van der Waals surface area (Å²) in [5.41, 5.74) is 1.31. The van der Waals surface area contributed by atoms with Gasteiger partial charge in [-0.25, -0.2) is 0 Å². The van der Waals surface area contributed by atoms with Gasteiger partial charge in [0.15, 0.2) is 5.16 Å². The quantitative estimate of drug-likeness (QED) is 0.812. The zero-order valence-corrected chi connectivity index (χ0v) is 11.6. The normalized spacial score (nSPS) is 10.8. The van der Waals surface area contributed by atoms with Gasteiger partial charge in [-0.15, -0.1) is 10.2 Å². The summed E-state index contributed by atoms with van der Waals surface area (Å²) < 4.78 is 1.92. The maximum Gasteiger partial charge on any atom is 0.195 e. The minimum absolute atomic E-state index is 0.909. The molecule has 4 nitrogen and oxygen atoms in total. The van der Waals surface area contributed by atoms with Crippen molar-refractivity contribution < 1.29 is 0 Å². The van der Waals surface area contributed by atoms with Crippen molar-refractivity contribution >= 4 is 11.8 Å². The van der Waals surface area contributed by atoms with Gasteiger partial charge in [-0.3, -0.25) is 0 Å². The van der Waals surface area contributed by atoms with Crippen LogP contribution in [-0.4, -0.2) is 21.3 Å². The highest BCUT2D eigenvalue weighted by molar-refractivity contribution is 7.99. The van der Waals surface area contributed by atoms with E-state index in [0.717, 1.165) is 18.2 Å².